The minimum atomic E-state index is -0.847. The van der Waals surface area contributed by atoms with Crippen LogP contribution in [0.25, 0.3) is 17.0 Å². The third-order valence-corrected chi connectivity index (χ3v) is 4.77. The van der Waals surface area contributed by atoms with Gasteiger partial charge in [0.25, 0.3) is 0 Å². The van der Waals surface area contributed by atoms with Gasteiger partial charge in [0, 0.05) is 36.5 Å². The first-order valence-corrected chi connectivity index (χ1v) is 9.88. The molecule has 0 radical (unpaired) electrons. The molecule has 0 aliphatic rings. The number of benzene rings is 2. The van der Waals surface area contributed by atoms with Crippen LogP contribution in [0, 0.1) is 11.3 Å². The van der Waals surface area contributed by atoms with E-state index in [1.165, 1.54) is 6.20 Å². The van der Waals surface area contributed by atoms with E-state index in [1.54, 1.807) is 36.9 Å². The van der Waals surface area contributed by atoms with Crippen molar-refractivity contribution in [1.29, 1.82) is 5.26 Å². The van der Waals surface area contributed by atoms with Crippen LogP contribution in [0.1, 0.15) is 18.1 Å². The van der Waals surface area contributed by atoms with Gasteiger partial charge in [-0.2, -0.15) is 10.4 Å². The van der Waals surface area contributed by atoms with E-state index in [-0.39, 0.29) is 6.54 Å². The van der Waals surface area contributed by atoms with Crippen LogP contribution in [-0.4, -0.2) is 40.0 Å². The Balaban J connectivity index is 2.01. The van der Waals surface area contributed by atoms with Gasteiger partial charge in [-0.1, -0.05) is 30.3 Å². The Morgan fingerprint density at radius 2 is 2.06 bits per heavy atom. The van der Waals surface area contributed by atoms with Gasteiger partial charge < -0.3 is 15.6 Å². The maximum Gasteiger partial charge on any atom is 0.218 e. The molecule has 3 N–H and O–H groups in total. The molecule has 1 aromatic heterocycles. The minimum absolute atomic E-state index is 0.0650. The van der Waals surface area contributed by atoms with Crippen molar-refractivity contribution < 1.29 is 9.84 Å². The average Bonchev–Trinajstić information content (AvgIpc) is 3.19. The number of nitrogens with two attached hydrogens (primary N) is 1. The largest absolute Gasteiger partial charge is 0.439 e. The molecule has 1 unspecified atom stereocenters. The summed E-state index contributed by atoms with van der Waals surface area (Å²) >= 11 is 0. The molecule has 1 heterocycles. The van der Waals surface area contributed by atoms with Gasteiger partial charge in [0.05, 0.1) is 29.2 Å². The lowest BCUT2D eigenvalue weighted by Gasteiger charge is -2.12. The highest BCUT2D eigenvalue weighted by molar-refractivity contribution is 5.88. The fourth-order valence-electron chi connectivity index (χ4n) is 2.91. The van der Waals surface area contributed by atoms with Crippen LogP contribution in [0.2, 0.25) is 0 Å². The van der Waals surface area contributed by atoms with Crippen molar-refractivity contribution in [3.8, 4) is 29.0 Å². The zero-order chi connectivity index (χ0) is 23.1. The Kier molecular flexibility index (Phi) is 7.29. The first-order chi connectivity index (χ1) is 15.5. The van der Waals surface area contributed by atoms with Gasteiger partial charge in [-0.05, 0) is 31.8 Å². The summed E-state index contributed by atoms with van der Waals surface area (Å²) in [5.41, 5.74) is 9.07. The number of aliphatic hydroxyl groups excluding tert-OH is 1. The number of ether oxygens (including phenoxy) is 1. The van der Waals surface area contributed by atoms with Crippen LogP contribution in [0.5, 0.6) is 11.6 Å². The van der Waals surface area contributed by atoms with E-state index in [9.17, 15) is 10.4 Å². The molecule has 3 aromatic rings. The number of nitrogens with zero attached hydrogens (tertiary/aromatic N) is 5. The van der Waals surface area contributed by atoms with Gasteiger partial charge in [0.1, 0.15) is 11.9 Å². The highest BCUT2D eigenvalue weighted by atomic mass is 16.5. The molecule has 32 heavy (non-hydrogen) atoms. The van der Waals surface area contributed by atoms with E-state index >= 15 is 0 Å². The van der Waals surface area contributed by atoms with Crippen LogP contribution < -0.4 is 10.5 Å². The number of aliphatic hydroxyl groups is 1. The molecule has 0 aliphatic carbocycles. The number of hydrogen-bond acceptors (Lipinski definition) is 7. The van der Waals surface area contributed by atoms with Crippen LogP contribution in [-0.2, 0) is 7.05 Å². The molecule has 0 spiro atoms. The molecule has 0 bridgehead atoms. The lowest BCUT2D eigenvalue weighted by atomic mass is 10.1. The van der Waals surface area contributed by atoms with Gasteiger partial charge in [-0.25, -0.2) is 4.68 Å². The number of aliphatic imine (C=N–C) groups is 2. The lowest BCUT2D eigenvalue weighted by molar-refractivity contribution is 0.249. The van der Waals surface area contributed by atoms with Crippen molar-refractivity contribution in [2.75, 3.05) is 6.54 Å². The van der Waals surface area contributed by atoms with Crippen molar-refractivity contribution in [2.45, 2.75) is 13.0 Å². The van der Waals surface area contributed by atoms with Gasteiger partial charge in [0.2, 0.25) is 5.88 Å². The summed E-state index contributed by atoms with van der Waals surface area (Å²) in [7, 11) is 1.78. The first kappa shape index (κ1) is 22.6. The highest BCUT2D eigenvalue weighted by Gasteiger charge is 2.15. The molecular formula is C24H24N6O2. The zero-order valence-corrected chi connectivity index (χ0v) is 17.9. The van der Waals surface area contributed by atoms with Gasteiger partial charge in [0.15, 0.2) is 0 Å². The smallest absolute Gasteiger partial charge is 0.218 e. The van der Waals surface area contributed by atoms with Gasteiger partial charge in [-0.15, -0.1) is 0 Å². The zero-order valence-electron chi connectivity index (χ0n) is 17.9. The highest BCUT2D eigenvalue weighted by Crippen LogP contribution is 2.33. The molecule has 2 aromatic carbocycles. The van der Waals surface area contributed by atoms with E-state index in [0.29, 0.717) is 34.2 Å². The fraction of sp³-hybridized carbons (Fsp3) is 0.167. The first-order valence-electron chi connectivity index (χ1n) is 9.88. The number of aryl methyl sites for hydroxylation is 1. The quantitative estimate of drug-likeness (QED) is 0.532. The van der Waals surface area contributed by atoms with Crippen LogP contribution >= 0.6 is 0 Å². The van der Waals surface area contributed by atoms with Crippen LogP contribution in [0.4, 0.5) is 0 Å². The van der Waals surface area contributed by atoms with Crippen LogP contribution in [0.15, 0.2) is 70.8 Å². The standard InChI is InChI=1S/C24H24N6O2/c1-16(22(31)14-26)28-15-21(27-2)19-10-9-17(13-25)11-23(19)32-24-12-20(29-30(24)3)18-7-5-4-6-8-18/h4-12,15,22,31H,2,14,26H2,1,3H3/b21-15-,28-16?. The maximum atomic E-state index is 9.83. The average molecular weight is 428 g/mol. The van der Waals surface area contributed by atoms with Crippen LogP contribution in [0.3, 0.4) is 0 Å². The summed E-state index contributed by atoms with van der Waals surface area (Å²) in [6.45, 7) is 5.36. The Labute approximate surface area is 186 Å². The molecule has 0 aliphatic heterocycles. The van der Waals surface area contributed by atoms with E-state index in [0.717, 1.165) is 11.3 Å². The molecule has 0 amide bonds. The van der Waals surface area contributed by atoms with Crippen molar-refractivity contribution >= 4 is 18.1 Å². The third-order valence-electron chi connectivity index (χ3n) is 4.77. The van der Waals surface area contributed by atoms with Crippen molar-refractivity contribution in [1.82, 2.24) is 9.78 Å². The molecule has 8 heteroatoms. The normalized spacial score (nSPS) is 12.8. The fourth-order valence-corrected chi connectivity index (χ4v) is 2.91. The Morgan fingerprint density at radius 1 is 1.31 bits per heavy atom. The molecular weight excluding hydrogens is 404 g/mol. The number of hydrogen-bond donors (Lipinski definition) is 2. The van der Waals surface area contributed by atoms with Crippen molar-refractivity contribution in [3.05, 3.63) is 71.9 Å². The predicted molar refractivity (Wildman–Crippen MR) is 126 cm³/mol. The second kappa shape index (κ2) is 10.3. The summed E-state index contributed by atoms with van der Waals surface area (Å²) in [4.78, 5) is 8.30. The van der Waals surface area contributed by atoms with E-state index < -0.39 is 6.10 Å². The third kappa shape index (κ3) is 5.16. The molecule has 162 valence electrons. The number of nitriles is 1. The maximum absolute atomic E-state index is 9.83. The van der Waals surface area contributed by atoms with Crippen molar-refractivity contribution in [3.63, 3.8) is 0 Å². The van der Waals surface area contributed by atoms with Gasteiger partial charge >= 0.3 is 0 Å². The second-order valence-electron chi connectivity index (χ2n) is 6.98. The van der Waals surface area contributed by atoms with E-state index in [1.807, 2.05) is 36.4 Å². The topological polar surface area (TPSA) is 122 Å². The molecule has 0 saturated carbocycles. The minimum Gasteiger partial charge on any atom is -0.439 e. The van der Waals surface area contributed by atoms with Gasteiger partial charge in [-0.3, -0.25) is 9.98 Å². The lowest BCUT2D eigenvalue weighted by Crippen LogP contribution is -2.26. The molecule has 0 fully saturated rings. The Hall–Kier alpha value is -4.06. The van der Waals surface area contributed by atoms with Crippen molar-refractivity contribution in [2.24, 2.45) is 22.8 Å². The monoisotopic (exact) mass is 428 g/mol. The molecule has 8 nitrogen and oxygen atoms in total. The molecule has 3 rings (SSSR count). The molecule has 1 atom stereocenters. The number of aromatic nitrogens is 2. The Bertz CT molecular complexity index is 1200. The molecule has 0 saturated heterocycles. The summed E-state index contributed by atoms with van der Waals surface area (Å²) in [5.74, 6) is 0.888. The number of rotatable bonds is 8. The van der Waals surface area contributed by atoms with E-state index in [4.69, 9.17) is 10.5 Å². The summed E-state index contributed by atoms with van der Waals surface area (Å²) < 4.78 is 7.77. The van der Waals surface area contributed by atoms with E-state index in [2.05, 4.69) is 27.9 Å². The summed E-state index contributed by atoms with van der Waals surface area (Å²) in [6.07, 6.45) is 0.633. The summed E-state index contributed by atoms with van der Waals surface area (Å²) in [6, 6.07) is 18.7. The predicted octanol–water partition coefficient (Wildman–Crippen LogP) is 3.53. The summed E-state index contributed by atoms with van der Waals surface area (Å²) in [5, 5.41) is 23.7. The second-order valence-corrected chi connectivity index (χ2v) is 6.98. The SMILES string of the molecule is C=N/C(=C\N=C(C)C(O)CN)c1ccc(C#N)cc1Oc1cc(-c2ccccc2)nn1C. The Morgan fingerprint density at radius 3 is 2.72 bits per heavy atom.